The number of anilines is 1. The van der Waals surface area contributed by atoms with E-state index in [1.54, 1.807) is 6.92 Å². The highest BCUT2D eigenvalue weighted by Gasteiger charge is 2.28. The van der Waals surface area contributed by atoms with Crippen LogP contribution in [-0.2, 0) is 11.2 Å². The van der Waals surface area contributed by atoms with Crippen LogP contribution in [0.5, 0.6) is 11.5 Å². The van der Waals surface area contributed by atoms with Gasteiger partial charge in [0.1, 0.15) is 6.61 Å². The van der Waals surface area contributed by atoms with Crippen LogP contribution in [0.2, 0.25) is 0 Å². The maximum Gasteiger partial charge on any atom is 0.277 e. The Labute approximate surface area is 204 Å². The first-order valence-corrected chi connectivity index (χ1v) is 12.6. The summed E-state index contributed by atoms with van der Waals surface area (Å²) in [5, 5.41) is 13.3. The van der Waals surface area contributed by atoms with Crippen molar-refractivity contribution in [2.24, 2.45) is 0 Å². The third kappa shape index (κ3) is 4.92. The van der Waals surface area contributed by atoms with Gasteiger partial charge in [0.25, 0.3) is 11.1 Å². The van der Waals surface area contributed by atoms with E-state index in [-0.39, 0.29) is 17.7 Å². The molecule has 4 aromatic rings. The number of hydrogen-bond donors (Lipinski definition) is 1. The lowest BCUT2D eigenvalue weighted by Gasteiger charge is -2.23. The normalized spacial score (nSPS) is 15.6. The van der Waals surface area contributed by atoms with E-state index in [2.05, 4.69) is 39.6 Å². The van der Waals surface area contributed by atoms with Crippen LogP contribution in [0.4, 0.5) is 5.13 Å². The molecule has 1 N–H and O–H groups in total. The molecule has 0 saturated heterocycles. The van der Waals surface area contributed by atoms with Crippen molar-refractivity contribution in [2.75, 3.05) is 11.9 Å². The lowest BCUT2D eigenvalue weighted by molar-refractivity contribution is -0.115. The Bertz CT molecular complexity index is 1290. The number of carbonyl (C=O) groups excluding carboxylic acids is 1. The number of aromatic nitrogens is 3. The molecule has 1 amide bonds. The van der Waals surface area contributed by atoms with Crippen LogP contribution in [-0.4, -0.2) is 32.9 Å². The number of nitrogens with one attached hydrogen (secondary N) is 1. The molecule has 3 heterocycles. The molecule has 0 unspecified atom stereocenters. The highest BCUT2D eigenvalue weighted by Crippen LogP contribution is 2.36. The second-order valence-electron chi connectivity index (χ2n) is 7.61. The van der Waals surface area contributed by atoms with Gasteiger partial charge >= 0.3 is 0 Å². The molecule has 0 saturated carbocycles. The van der Waals surface area contributed by atoms with E-state index in [1.807, 2.05) is 41.8 Å². The summed E-state index contributed by atoms with van der Waals surface area (Å²) in [5.74, 6) is 1.42. The van der Waals surface area contributed by atoms with Crippen LogP contribution in [0.15, 0.2) is 63.6 Å². The smallest absolute Gasteiger partial charge is 0.277 e. The molecule has 2 atom stereocenters. The average Bonchev–Trinajstić information content (AvgIpc) is 3.53. The maximum atomic E-state index is 12.7. The Morgan fingerprint density at radius 1 is 1.18 bits per heavy atom. The second kappa shape index (κ2) is 9.86. The second-order valence-corrected chi connectivity index (χ2v) is 9.76. The highest BCUT2D eigenvalue weighted by atomic mass is 32.2. The minimum atomic E-state index is -0.499. The number of nitrogens with zero attached hydrogens (tertiary/aromatic N) is 3. The van der Waals surface area contributed by atoms with Gasteiger partial charge in [-0.05, 0) is 31.0 Å². The van der Waals surface area contributed by atoms with Gasteiger partial charge in [-0.3, -0.25) is 4.79 Å². The Morgan fingerprint density at radius 2 is 1.97 bits per heavy atom. The number of rotatable bonds is 7. The van der Waals surface area contributed by atoms with Crippen molar-refractivity contribution in [2.45, 2.75) is 36.8 Å². The molecular weight excluding hydrogens is 472 g/mol. The zero-order valence-electron chi connectivity index (χ0n) is 18.6. The zero-order valence-corrected chi connectivity index (χ0v) is 20.2. The molecule has 8 nitrogen and oxygen atoms in total. The molecule has 0 fully saturated rings. The van der Waals surface area contributed by atoms with Gasteiger partial charge in [0.2, 0.25) is 12.0 Å². The summed E-state index contributed by atoms with van der Waals surface area (Å²) in [6, 6.07) is 15.7. The van der Waals surface area contributed by atoms with Crippen LogP contribution in [0.1, 0.15) is 31.4 Å². The van der Waals surface area contributed by atoms with Crippen molar-refractivity contribution in [1.29, 1.82) is 0 Å². The molecule has 0 aliphatic carbocycles. The van der Waals surface area contributed by atoms with E-state index in [4.69, 9.17) is 13.9 Å². The fourth-order valence-electron chi connectivity index (χ4n) is 3.33. The summed E-state index contributed by atoms with van der Waals surface area (Å²) in [6.07, 6.45) is 0.492. The maximum absolute atomic E-state index is 12.7. The fraction of sp³-hybridized carbons (Fsp3) is 0.250. The molecule has 10 heteroatoms. The zero-order chi connectivity index (χ0) is 23.5. The van der Waals surface area contributed by atoms with Crippen molar-refractivity contribution in [3.05, 3.63) is 65.4 Å². The predicted molar refractivity (Wildman–Crippen MR) is 130 cm³/mol. The van der Waals surface area contributed by atoms with Crippen molar-refractivity contribution in [3.63, 3.8) is 0 Å². The van der Waals surface area contributed by atoms with Crippen LogP contribution in [0.25, 0.3) is 11.3 Å². The molecule has 2 aromatic heterocycles. The Morgan fingerprint density at radius 3 is 2.76 bits per heavy atom. The van der Waals surface area contributed by atoms with Gasteiger partial charge < -0.3 is 19.2 Å². The van der Waals surface area contributed by atoms with E-state index in [1.165, 1.54) is 28.7 Å². The van der Waals surface area contributed by atoms with Crippen LogP contribution < -0.4 is 14.8 Å². The van der Waals surface area contributed by atoms with Gasteiger partial charge in [0, 0.05) is 10.9 Å². The van der Waals surface area contributed by atoms with Gasteiger partial charge in [-0.1, -0.05) is 55.1 Å². The largest absolute Gasteiger partial charge is 0.485 e. The standard InChI is InChI=1S/C24H22N4O4S2/c1-3-15-8-10-16(11-9-15)17-13-33-23(25-17)26-21(29)14(2)34-24-28-27-22(32-24)20-12-30-18-6-4-5-7-19(18)31-20/h4-11,13-14,20H,3,12H2,1-2H3,(H,25,26,29)/t14-,20+/m1/s1. The lowest BCUT2D eigenvalue weighted by Crippen LogP contribution is -2.22. The Hall–Kier alpha value is -3.37. The van der Waals surface area contributed by atoms with Crippen molar-refractivity contribution < 1.29 is 18.7 Å². The van der Waals surface area contributed by atoms with Gasteiger partial charge in [-0.15, -0.1) is 21.5 Å². The number of amides is 1. The number of hydrogen-bond acceptors (Lipinski definition) is 9. The van der Waals surface area contributed by atoms with Gasteiger partial charge in [-0.25, -0.2) is 4.98 Å². The van der Waals surface area contributed by atoms with E-state index < -0.39 is 11.4 Å². The summed E-state index contributed by atoms with van der Waals surface area (Å²) < 4.78 is 17.3. The third-order valence-electron chi connectivity index (χ3n) is 5.25. The number of thiazole rings is 1. The van der Waals surface area contributed by atoms with Crippen LogP contribution in [0.3, 0.4) is 0 Å². The summed E-state index contributed by atoms with van der Waals surface area (Å²) >= 11 is 2.57. The van der Waals surface area contributed by atoms with Gasteiger partial charge in [0.15, 0.2) is 16.6 Å². The van der Waals surface area contributed by atoms with Crippen LogP contribution >= 0.6 is 23.1 Å². The molecular formula is C24H22N4O4S2. The molecule has 174 valence electrons. The van der Waals surface area contributed by atoms with Crippen molar-refractivity contribution in [1.82, 2.24) is 15.2 Å². The van der Waals surface area contributed by atoms with Gasteiger partial charge in [-0.2, -0.15) is 0 Å². The Balaban J connectivity index is 1.18. The number of carbonyl (C=O) groups is 1. The average molecular weight is 495 g/mol. The summed E-state index contributed by atoms with van der Waals surface area (Å²) in [6.45, 7) is 4.17. The van der Waals surface area contributed by atoms with E-state index >= 15 is 0 Å². The first-order chi connectivity index (χ1) is 16.6. The fourth-order valence-corrected chi connectivity index (χ4v) is 4.74. The number of ether oxygens (including phenoxy) is 2. The Kier molecular flexibility index (Phi) is 6.50. The van der Waals surface area contributed by atoms with Crippen molar-refractivity contribution in [3.8, 4) is 22.8 Å². The first-order valence-electron chi connectivity index (χ1n) is 10.8. The number of aryl methyl sites for hydroxylation is 1. The summed E-state index contributed by atoms with van der Waals surface area (Å²) in [5.41, 5.74) is 3.13. The third-order valence-corrected chi connectivity index (χ3v) is 6.94. The first kappa shape index (κ1) is 22.4. The molecule has 0 bridgehead atoms. The van der Waals surface area contributed by atoms with E-state index in [0.717, 1.165) is 17.7 Å². The molecule has 34 heavy (non-hydrogen) atoms. The lowest BCUT2D eigenvalue weighted by atomic mass is 10.1. The van der Waals surface area contributed by atoms with Crippen molar-refractivity contribution >= 4 is 34.1 Å². The number of thioether (sulfide) groups is 1. The number of fused-ring (bicyclic) bond motifs is 1. The van der Waals surface area contributed by atoms with Gasteiger partial charge in [0.05, 0.1) is 10.9 Å². The SMILES string of the molecule is CCc1ccc(-c2csc(NC(=O)[C@@H](C)Sc3nnc([C@@H]4COc5ccccc5O4)o3)n2)cc1. The highest BCUT2D eigenvalue weighted by molar-refractivity contribution is 8.00. The van der Waals surface area contributed by atoms with Crippen LogP contribution in [0, 0.1) is 0 Å². The monoisotopic (exact) mass is 494 g/mol. The quantitative estimate of drug-likeness (QED) is 0.342. The number of benzene rings is 2. The minimum absolute atomic E-state index is 0.196. The molecule has 5 rings (SSSR count). The topological polar surface area (TPSA) is 99.4 Å². The summed E-state index contributed by atoms with van der Waals surface area (Å²) in [4.78, 5) is 17.2. The molecule has 1 aliphatic heterocycles. The molecule has 1 aliphatic rings. The predicted octanol–water partition coefficient (Wildman–Crippen LogP) is 5.39. The minimum Gasteiger partial charge on any atom is -0.485 e. The number of para-hydroxylation sites is 2. The summed E-state index contributed by atoms with van der Waals surface area (Å²) in [7, 11) is 0. The van der Waals surface area contributed by atoms with E-state index in [0.29, 0.717) is 22.5 Å². The molecule has 0 spiro atoms. The molecule has 2 aromatic carbocycles. The van der Waals surface area contributed by atoms with E-state index in [9.17, 15) is 4.79 Å². The molecule has 0 radical (unpaired) electrons.